The molecule has 0 bridgehead atoms. The summed E-state index contributed by atoms with van der Waals surface area (Å²) in [7, 11) is 0. The molecule has 134 valence electrons. The molecule has 0 radical (unpaired) electrons. The van der Waals surface area contributed by atoms with Crippen LogP contribution in [0.3, 0.4) is 0 Å². The average molecular weight is 370 g/mol. The van der Waals surface area contributed by atoms with Crippen molar-refractivity contribution in [3.8, 4) is 0 Å². The van der Waals surface area contributed by atoms with Gasteiger partial charge in [-0.05, 0) is 36.2 Å². The van der Waals surface area contributed by atoms with E-state index in [1.165, 1.54) is 0 Å². The van der Waals surface area contributed by atoms with E-state index < -0.39 is 0 Å². The van der Waals surface area contributed by atoms with E-state index in [1.807, 2.05) is 49.5 Å². The van der Waals surface area contributed by atoms with Crippen molar-refractivity contribution in [1.29, 1.82) is 0 Å². The van der Waals surface area contributed by atoms with Crippen molar-refractivity contribution >= 4 is 17.2 Å². The van der Waals surface area contributed by atoms with Crippen LogP contribution in [-0.2, 0) is 11.3 Å². The normalized spacial score (nSPS) is 18.3. The Kier molecular flexibility index (Phi) is 4.76. The van der Waals surface area contributed by atoms with Gasteiger partial charge in [-0.1, -0.05) is 29.8 Å². The molecule has 3 aromatic rings. The SMILES string of the molecule is Cc1ccc2nc(CN3CCOC(c4ccc(Cl)cc4)C3)cc(=O)n2c1. The van der Waals surface area contributed by atoms with Crippen molar-refractivity contribution < 1.29 is 4.74 Å². The number of ether oxygens (including phenoxy) is 1. The number of rotatable bonds is 3. The first-order valence-corrected chi connectivity index (χ1v) is 9.05. The first-order valence-electron chi connectivity index (χ1n) is 8.67. The molecule has 26 heavy (non-hydrogen) atoms. The predicted molar refractivity (Wildman–Crippen MR) is 102 cm³/mol. The summed E-state index contributed by atoms with van der Waals surface area (Å²) >= 11 is 5.97. The van der Waals surface area contributed by atoms with E-state index in [0.717, 1.165) is 34.9 Å². The molecule has 1 atom stereocenters. The van der Waals surface area contributed by atoms with Gasteiger partial charge in [0.05, 0.1) is 18.4 Å². The van der Waals surface area contributed by atoms with Crippen LogP contribution in [0.25, 0.3) is 5.65 Å². The first kappa shape index (κ1) is 17.2. The molecule has 1 aliphatic rings. The lowest BCUT2D eigenvalue weighted by Gasteiger charge is -2.33. The van der Waals surface area contributed by atoms with Crippen LogP contribution in [0.1, 0.15) is 22.9 Å². The maximum Gasteiger partial charge on any atom is 0.258 e. The second-order valence-electron chi connectivity index (χ2n) is 6.67. The lowest BCUT2D eigenvalue weighted by molar-refractivity contribution is -0.0332. The number of morpholine rings is 1. The third-order valence-electron chi connectivity index (χ3n) is 4.64. The third kappa shape index (κ3) is 3.65. The zero-order valence-electron chi connectivity index (χ0n) is 14.6. The minimum atomic E-state index is -0.0452. The number of hydrogen-bond donors (Lipinski definition) is 0. The summed E-state index contributed by atoms with van der Waals surface area (Å²) < 4.78 is 7.50. The Hall–Kier alpha value is -2.21. The maximum atomic E-state index is 12.4. The van der Waals surface area contributed by atoms with Gasteiger partial charge in [-0.25, -0.2) is 4.98 Å². The molecule has 0 saturated carbocycles. The number of halogens is 1. The van der Waals surface area contributed by atoms with Crippen LogP contribution in [0.15, 0.2) is 53.5 Å². The number of benzene rings is 1. The van der Waals surface area contributed by atoms with Gasteiger partial charge in [0, 0.05) is 36.9 Å². The van der Waals surface area contributed by atoms with Crippen molar-refractivity contribution in [2.45, 2.75) is 19.6 Å². The van der Waals surface area contributed by atoms with Crippen LogP contribution >= 0.6 is 11.6 Å². The topological polar surface area (TPSA) is 46.8 Å². The molecule has 6 heteroatoms. The summed E-state index contributed by atoms with van der Waals surface area (Å²) in [5.41, 5.74) is 3.57. The van der Waals surface area contributed by atoms with Gasteiger partial charge in [-0.15, -0.1) is 0 Å². The van der Waals surface area contributed by atoms with Gasteiger partial charge < -0.3 is 4.74 Å². The standard InChI is InChI=1S/C20H20ClN3O2/c1-14-2-7-19-22-17(10-20(25)24(19)11-14)12-23-8-9-26-18(13-23)15-3-5-16(21)6-4-15/h2-7,10-11,18H,8-9,12-13H2,1H3. The quantitative estimate of drug-likeness (QED) is 0.711. The van der Waals surface area contributed by atoms with E-state index in [4.69, 9.17) is 16.3 Å². The Bertz CT molecular complexity index is 985. The fraction of sp³-hybridized carbons (Fsp3) is 0.300. The van der Waals surface area contributed by atoms with Gasteiger partial charge in [0.15, 0.2) is 0 Å². The highest BCUT2D eigenvalue weighted by Crippen LogP contribution is 2.24. The molecule has 0 aliphatic carbocycles. The van der Waals surface area contributed by atoms with Crippen LogP contribution in [-0.4, -0.2) is 34.0 Å². The van der Waals surface area contributed by atoms with Crippen molar-refractivity contribution in [1.82, 2.24) is 14.3 Å². The molecule has 0 N–H and O–H groups in total. The predicted octanol–water partition coefficient (Wildman–Crippen LogP) is 3.23. The fourth-order valence-corrected chi connectivity index (χ4v) is 3.42. The number of nitrogens with zero attached hydrogens (tertiary/aromatic N) is 3. The number of aryl methyl sites for hydroxylation is 1. The van der Waals surface area contributed by atoms with E-state index in [1.54, 1.807) is 10.5 Å². The zero-order chi connectivity index (χ0) is 18.1. The van der Waals surface area contributed by atoms with Gasteiger partial charge in [-0.3, -0.25) is 14.1 Å². The maximum absolute atomic E-state index is 12.4. The monoisotopic (exact) mass is 369 g/mol. The molecule has 0 spiro atoms. The van der Waals surface area contributed by atoms with Crippen molar-refractivity contribution in [2.24, 2.45) is 0 Å². The molecule has 3 heterocycles. The fourth-order valence-electron chi connectivity index (χ4n) is 3.29. The van der Waals surface area contributed by atoms with Crippen LogP contribution in [0.5, 0.6) is 0 Å². The largest absolute Gasteiger partial charge is 0.371 e. The third-order valence-corrected chi connectivity index (χ3v) is 4.89. The molecule has 1 fully saturated rings. The van der Waals surface area contributed by atoms with Gasteiger partial charge in [0.2, 0.25) is 0 Å². The van der Waals surface area contributed by atoms with Crippen LogP contribution in [0.2, 0.25) is 5.02 Å². The lowest BCUT2D eigenvalue weighted by atomic mass is 10.1. The molecule has 5 nitrogen and oxygen atoms in total. The van der Waals surface area contributed by atoms with Gasteiger partial charge >= 0.3 is 0 Å². The molecular formula is C20H20ClN3O2. The summed E-state index contributed by atoms with van der Waals surface area (Å²) in [6, 6.07) is 13.2. The minimum Gasteiger partial charge on any atom is -0.371 e. The Labute approximate surface area is 156 Å². The molecule has 0 amide bonds. The van der Waals surface area contributed by atoms with Gasteiger partial charge in [-0.2, -0.15) is 0 Å². The Morgan fingerprint density at radius 2 is 2.04 bits per heavy atom. The van der Waals surface area contributed by atoms with Crippen molar-refractivity contribution in [2.75, 3.05) is 19.7 Å². The van der Waals surface area contributed by atoms with Crippen LogP contribution < -0.4 is 5.56 Å². The smallest absolute Gasteiger partial charge is 0.258 e. The van der Waals surface area contributed by atoms with Crippen LogP contribution in [0.4, 0.5) is 0 Å². The summed E-state index contributed by atoms with van der Waals surface area (Å²) in [4.78, 5) is 19.3. The molecule has 2 aromatic heterocycles. The number of aromatic nitrogens is 2. The second kappa shape index (κ2) is 7.19. The molecule has 4 rings (SSSR count). The molecule has 1 unspecified atom stereocenters. The molecule has 1 aliphatic heterocycles. The Morgan fingerprint density at radius 3 is 2.85 bits per heavy atom. The molecular weight excluding hydrogens is 350 g/mol. The van der Waals surface area contributed by atoms with E-state index in [0.29, 0.717) is 18.8 Å². The van der Waals surface area contributed by atoms with Crippen LogP contribution in [0, 0.1) is 6.92 Å². The van der Waals surface area contributed by atoms with Crippen molar-refractivity contribution in [3.05, 3.63) is 80.9 Å². The number of pyridine rings is 1. The Morgan fingerprint density at radius 1 is 1.23 bits per heavy atom. The highest BCUT2D eigenvalue weighted by Gasteiger charge is 2.22. The highest BCUT2D eigenvalue weighted by atomic mass is 35.5. The van der Waals surface area contributed by atoms with E-state index in [2.05, 4.69) is 9.88 Å². The van der Waals surface area contributed by atoms with Gasteiger partial charge in [0.1, 0.15) is 5.65 Å². The van der Waals surface area contributed by atoms with E-state index in [-0.39, 0.29) is 11.7 Å². The van der Waals surface area contributed by atoms with Gasteiger partial charge in [0.25, 0.3) is 5.56 Å². The lowest BCUT2D eigenvalue weighted by Crippen LogP contribution is -2.38. The zero-order valence-corrected chi connectivity index (χ0v) is 15.3. The summed E-state index contributed by atoms with van der Waals surface area (Å²) in [5.74, 6) is 0. The summed E-state index contributed by atoms with van der Waals surface area (Å²) in [5, 5.41) is 0.720. The van der Waals surface area contributed by atoms with Crippen molar-refractivity contribution in [3.63, 3.8) is 0 Å². The van der Waals surface area contributed by atoms with E-state index in [9.17, 15) is 4.79 Å². The first-order chi connectivity index (χ1) is 12.6. The number of hydrogen-bond acceptors (Lipinski definition) is 4. The minimum absolute atomic E-state index is 0.00483. The average Bonchev–Trinajstić information content (AvgIpc) is 2.63. The van der Waals surface area contributed by atoms with E-state index >= 15 is 0 Å². The summed E-state index contributed by atoms with van der Waals surface area (Å²) in [6.45, 7) is 4.83. The second-order valence-corrected chi connectivity index (χ2v) is 7.10. The Balaban J connectivity index is 1.53. The summed E-state index contributed by atoms with van der Waals surface area (Å²) in [6.07, 6.45) is 1.82. The number of fused-ring (bicyclic) bond motifs is 1. The molecule has 1 aromatic carbocycles. The molecule has 1 saturated heterocycles. The highest BCUT2D eigenvalue weighted by molar-refractivity contribution is 6.30.